The van der Waals surface area contributed by atoms with Crippen molar-refractivity contribution < 1.29 is 14.3 Å². The van der Waals surface area contributed by atoms with Gasteiger partial charge in [0.15, 0.2) is 0 Å². The number of benzene rings is 2. The number of hydrogen-bond donors (Lipinski definition) is 1. The molecule has 0 aromatic heterocycles. The van der Waals surface area contributed by atoms with Crippen molar-refractivity contribution in [1.82, 2.24) is 0 Å². The van der Waals surface area contributed by atoms with Gasteiger partial charge in [-0.2, -0.15) is 0 Å². The van der Waals surface area contributed by atoms with E-state index in [1.807, 2.05) is 6.07 Å². The lowest BCUT2D eigenvalue weighted by Crippen LogP contribution is -2.12. The molecule has 4 nitrogen and oxygen atoms in total. The first-order valence-electron chi connectivity index (χ1n) is 8.57. The summed E-state index contributed by atoms with van der Waals surface area (Å²) in [5.41, 5.74) is 1.26. The average molecular weight is 418 g/mol. The van der Waals surface area contributed by atoms with Gasteiger partial charge < -0.3 is 14.8 Å². The molecule has 1 amide bonds. The minimum Gasteiger partial charge on any atom is -0.492 e. The van der Waals surface area contributed by atoms with Crippen molar-refractivity contribution in [2.24, 2.45) is 5.92 Å². The molecule has 0 bridgehead atoms. The number of ether oxygens (including phenoxy) is 2. The van der Waals surface area contributed by atoms with Gasteiger partial charge in [0.25, 0.3) is 5.91 Å². The van der Waals surface area contributed by atoms with E-state index >= 15 is 0 Å². The molecular formula is C21H24BrNO3. The lowest BCUT2D eigenvalue weighted by atomic mass is 10.1. The standard InChI is InChI=1S/C21H24BrNO3/c1-4-12-25-18-8-6-17(7-9-18)23-21(24)16-5-10-20(19(22)14-16)26-13-11-15(2)3/h4-10,14-15H,1,11-13H2,2-3H3,(H,23,24). The van der Waals surface area contributed by atoms with Gasteiger partial charge in [-0.05, 0) is 70.7 Å². The molecule has 0 aliphatic carbocycles. The van der Waals surface area contributed by atoms with Crippen LogP contribution in [-0.2, 0) is 0 Å². The zero-order valence-corrected chi connectivity index (χ0v) is 16.7. The minimum atomic E-state index is -0.181. The van der Waals surface area contributed by atoms with Gasteiger partial charge in [-0.1, -0.05) is 26.5 Å². The number of rotatable bonds is 9. The Morgan fingerprint density at radius 1 is 1.19 bits per heavy atom. The summed E-state index contributed by atoms with van der Waals surface area (Å²) >= 11 is 3.47. The molecule has 0 saturated heterocycles. The van der Waals surface area contributed by atoms with Crippen molar-refractivity contribution in [3.8, 4) is 11.5 Å². The number of halogens is 1. The van der Waals surface area contributed by atoms with E-state index in [1.54, 1.807) is 42.5 Å². The van der Waals surface area contributed by atoms with Crippen LogP contribution in [-0.4, -0.2) is 19.1 Å². The lowest BCUT2D eigenvalue weighted by Gasteiger charge is -2.11. The zero-order valence-electron chi connectivity index (χ0n) is 15.1. The number of nitrogens with one attached hydrogen (secondary N) is 1. The Labute approximate surface area is 163 Å². The summed E-state index contributed by atoms with van der Waals surface area (Å²) in [6.07, 6.45) is 2.67. The topological polar surface area (TPSA) is 47.6 Å². The molecule has 0 aliphatic rings. The van der Waals surface area contributed by atoms with E-state index in [4.69, 9.17) is 9.47 Å². The molecule has 0 fully saturated rings. The molecule has 2 aromatic rings. The fourth-order valence-corrected chi connectivity index (χ4v) is 2.65. The van der Waals surface area contributed by atoms with Crippen LogP contribution in [0.5, 0.6) is 11.5 Å². The molecule has 2 aromatic carbocycles. The van der Waals surface area contributed by atoms with Crippen LogP contribution in [0.15, 0.2) is 59.6 Å². The second-order valence-corrected chi connectivity index (χ2v) is 7.11. The van der Waals surface area contributed by atoms with E-state index in [9.17, 15) is 4.79 Å². The summed E-state index contributed by atoms with van der Waals surface area (Å²) in [7, 11) is 0. The molecule has 0 radical (unpaired) electrons. The van der Waals surface area contributed by atoms with Gasteiger partial charge in [0.05, 0.1) is 11.1 Å². The van der Waals surface area contributed by atoms with Gasteiger partial charge in [-0.15, -0.1) is 0 Å². The fraction of sp³-hybridized carbons (Fsp3) is 0.286. The maximum atomic E-state index is 12.4. The van der Waals surface area contributed by atoms with Crippen molar-refractivity contribution >= 4 is 27.5 Å². The van der Waals surface area contributed by atoms with Crippen molar-refractivity contribution in [2.75, 3.05) is 18.5 Å². The molecule has 0 unspecified atom stereocenters. The van der Waals surface area contributed by atoms with Gasteiger partial charge in [-0.25, -0.2) is 0 Å². The maximum Gasteiger partial charge on any atom is 0.255 e. The maximum absolute atomic E-state index is 12.4. The number of carbonyl (C=O) groups excluding carboxylic acids is 1. The van der Waals surface area contributed by atoms with Crippen molar-refractivity contribution in [3.63, 3.8) is 0 Å². The Hall–Kier alpha value is -2.27. The van der Waals surface area contributed by atoms with Crippen molar-refractivity contribution in [1.29, 1.82) is 0 Å². The van der Waals surface area contributed by atoms with Crippen LogP contribution in [0.3, 0.4) is 0 Å². The Morgan fingerprint density at radius 3 is 2.54 bits per heavy atom. The Kier molecular flexibility index (Phi) is 7.73. The Morgan fingerprint density at radius 2 is 1.92 bits per heavy atom. The highest BCUT2D eigenvalue weighted by Crippen LogP contribution is 2.27. The monoisotopic (exact) mass is 417 g/mol. The molecule has 1 N–H and O–H groups in total. The van der Waals surface area contributed by atoms with Gasteiger partial charge in [0.1, 0.15) is 18.1 Å². The van der Waals surface area contributed by atoms with Gasteiger partial charge in [0, 0.05) is 11.3 Å². The third kappa shape index (κ3) is 6.23. The molecule has 5 heteroatoms. The first-order chi connectivity index (χ1) is 12.5. The van der Waals surface area contributed by atoms with E-state index in [0.717, 1.165) is 22.4 Å². The average Bonchev–Trinajstić information content (AvgIpc) is 2.62. The highest BCUT2D eigenvalue weighted by atomic mass is 79.9. The van der Waals surface area contributed by atoms with E-state index in [-0.39, 0.29) is 5.91 Å². The smallest absolute Gasteiger partial charge is 0.255 e. The van der Waals surface area contributed by atoms with Gasteiger partial charge >= 0.3 is 0 Å². The first-order valence-corrected chi connectivity index (χ1v) is 9.36. The fourth-order valence-electron chi connectivity index (χ4n) is 2.16. The van der Waals surface area contributed by atoms with Crippen LogP contribution in [0.1, 0.15) is 30.6 Å². The first kappa shape index (κ1) is 20.0. The number of amides is 1. The SMILES string of the molecule is C=CCOc1ccc(NC(=O)c2ccc(OCCC(C)C)c(Br)c2)cc1. The third-order valence-corrected chi connectivity index (χ3v) is 4.25. The van der Waals surface area contributed by atoms with E-state index in [0.29, 0.717) is 30.4 Å². The highest BCUT2D eigenvalue weighted by molar-refractivity contribution is 9.10. The summed E-state index contributed by atoms with van der Waals surface area (Å²) in [4.78, 5) is 12.4. The summed E-state index contributed by atoms with van der Waals surface area (Å²) in [5, 5.41) is 2.87. The van der Waals surface area contributed by atoms with Gasteiger partial charge in [-0.3, -0.25) is 4.79 Å². The molecule has 0 heterocycles. The van der Waals surface area contributed by atoms with E-state index < -0.39 is 0 Å². The summed E-state index contributed by atoms with van der Waals surface area (Å²) in [6, 6.07) is 12.5. The summed E-state index contributed by atoms with van der Waals surface area (Å²) in [6.45, 7) is 9.03. The largest absolute Gasteiger partial charge is 0.492 e. The molecule has 0 saturated carbocycles. The molecule has 138 valence electrons. The normalized spacial score (nSPS) is 10.5. The van der Waals surface area contributed by atoms with Gasteiger partial charge in [0.2, 0.25) is 0 Å². The van der Waals surface area contributed by atoms with Crippen molar-refractivity contribution in [2.45, 2.75) is 20.3 Å². The molecular weight excluding hydrogens is 394 g/mol. The van der Waals surface area contributed by atoms with Crippen LogP contribution >= 0.6 is 15.9 Å². The van der Waals surface area contributed by atoms with Crippen LogP contribution < -0.4 is 14.8 Å². The van der Waals surface area contributed by atoms with Crippen LogP contribution in [0.25, 0.3) is 0 Å². The number of anilines is 1. The predicted octanol–water partition coefficient (Wildman–Crippen LogP) is 5.69. The Bertz CT molecular complexity index is 741. The minimum absolute atomic E-state index is 0.181. The van der Waals surface area contributed by atoms with E-state index in [2.05, 4.69) is 41.7 Å². The summed E-state index contributed by atoms with van der Waals surface area (Å²) in [5.74, 6) is 1.88. The third-order valence-electron chi connectivity index (χ3n) is 3.63. The zero-order chi connectivity index (χ0) is 18.9. The van der Waals surface area contributed by atoms with Crippen molar-refractivity contribution in [3.05, 3.63) is 65.2 Å². The quantitative estimate of drug-likeness (QED) is 0.532. The second-order valence-electron chi connectivity index (χ2n) is 6.25. The molecule has 26 heavy (non-hydrogen) atoms. The second kappa shape index (κ2) is 10.0. The van der Waals surface area contributed by atoms with Crippen LogP contribution in [0.2, 0.25) is 0 Å². The molecule has 2 rings (SSSR count). The summed E-state index contributed by atoms with van der Waals surface area (Å²) < 4.78 is 11.9. The molecule has 0 aliphatic heterocycles. The number of hydrogen-bond acceptors (Lipinski definition) is 3. The predicted molar refractivity (Wildman–Crippen MR) is 109 cm³/mol. The Balaban J connectivity index is 1.96. The van der Waals surface area contributed by atoms with Crippen LogP contribution in [0.4, 0.5) is 5.69 Å². The molecule has 0 atom stereocenters. The van der Waals surface area contributed by atoms with E-state index in [1.165, 1.54) is 0 Å². The number of carbonyl (C=O) groups is 1. The van der Waals surface area contributed by atoms with Crippen LogP contribution in [0, 0.1) is 5.92 Å². The lowest BCUT2D eigenvalue weighted by molar-refractivity contribution is 0.102. The highest BCUT2D eigenvalue weighted by Gasteiger charge is 2.10. The molecule has 0 spiro atoms.